The predicted octanol–water partition coefficient (Wildman–Crippen LogP) is 3.27. The molecule has 138 valence electrons. The molecule has 1 atom stereocenters. The fraction of sp³-hybridized carbons (Fsp3) is 0.350. The predicted molar refractivity (Wildman–Crippen MR) is 99.7 cm³/mol. The van der Waals surface area contributed by atoms with Gasteiger partial charge in [0, 0.05) is 6.54 Å². The molecule has 0 saturated heterocycles. The normalized spacial score (nSPS) is 13.5. The Labute approximate surface area is 153 Å². The third kappa shape index (κ3) is 4.08. The molecule has 6 nitrogen and oxygen atoms in total. The van der Waals surface area contributed by atoms with E-state index < -0.39 is 0 Å². The van der Waals surface area contributed by atoms with E-state index in [0.29, 0.717) is 24.6 Å². The van der Waals surface area contributed by atoms with Gasteiger partial charge in [0.1, 0.15) is 5.75 Å². The van der Waals surface area contributed by atoms with Crippen molar-refractivity contribution in [2.45, 2.75) is 26.4 Å². The van der Waals surface area contributed by atoms with Crippen molar-refractivity contribution >= 4 is 11.6 Å². The maximum Gasteiger partial charge on any atom is 0.241 e. The van der Waals surface area contributed by atoms with E-state index in [2.05, 4.69) is 5.32 Å². The molecule has 2 aromatic rings. The van der Waals surface area contributed by atoms with Crippen LogP contribution in [0.5, 0.6) is 17.2 Å². The number of carbonyl (C=O) groups excluding carboxylic acids is 1. The second kappa shape index (κ2) is 8.10. The van der Waals surface area contributed by atoms with Crippen molar-refractivity contribution in [2.75, 3.05) is 25.8 Å². The van der Waals surface area contributed by atoms with Crippen LogP contribution in [-0.4, -0.2) is 37.3 Å². The number of hydrogen-bond acceptors (Lipinski definition) is 5. The lowest BCUT2D eigenvalue weighted by molar-refractivity contribution is -0.120. The van der Waals surface area contributed by atoms with E-state index in [1.807, 2.05) is 68.3 Å². The molecule has 0 spiro atoms. The van der Waals surface area contributed by atoms with Crippen LogP contribution in [-0.2, 0) is 11.3 Å². The summed E-state index contributed by atoms with van der Waals surface area (Å²) in [6.45, 7) is 5.23. The second-order valence-electron chi connectivity index (χ2n) is 6.20. The molecule has 0 radical (unpaired) electrons. The molecule has 0 bridgehead atoms. The summed E-state index contributed by atoms with van der Waals surface area (Å²) < 4.78 is 16.3. The van der Waals surface area contributed by atoms with Crippen molar-refractivity contribution < 1.29 is 19.0 Å². The van der Waals surface area contributed by atoms with Gasteiger partial charge in [0.15, 0.2) is 11.5 Å². The van der Waals surface area contributed by atoms with Crippen LogP contribution in [0.2, 0.25) is 0 Å². The van der Waals surface area contributed by atoms with Crippen LogP contribution < -0.4 is 19.5 Å². The van der Waals surface area contributed by atoms with Crippen molar-refractivity contribution in [1.29, 1.82) is 0 Å². The number of benzene rings is 2. The number of anilines is 1. The molecular weight excluding hydrogens is 332 g/mol. The number of carbonyl (C=O) groups is 1. The van der Waals surface area contributed by atoms with Crippen LogP contribution in [0.1, 0.15) is 19.4 Å². The summed E-state index contributed by atoms with van der Waals surface area (Å²) in [6.07, 6.45) is 0. The lowest BCUT2D eigenvalue weighted by Gasteiger charge is -2.24. The number of hydrogen-bond donors (Lipinski definition) is 1. The lowest BCUT2D eigenvalue weighted by atomic mass is 10.1. The summed E-state index contributed by atoms with van der Waals surface area (Å²) in [6, 6.07) is 13.0. The molecule has 26 heavy (non-hydrogen) atoms. The maximum absolute atomic E-state index is 12.6. The Morgan fingerprint density at radius 2 is 2.00 bits per heavy atom. The first kappa shape index (κ1) is 18.1. The highest BCUT2D eigenvalue weighted by molar-refractivity contribution is 5.95. The van der Waals surface area contributed by atoms with Crippen LogP contribution in [0.3, 0.4) is 0 Å². The Bertz CT molecular complexity index is 778. The van der Waals surface area contributed by atoms with Crippen molar-refractivity contribution in [3.05, 3.63) is 48.0 Å². The molecule has 2 aromatic carbocycles. The van der Waals surface area contributed by atoms with E-state index in [9.17, 15) is 4.79 Å². The molecule has 0 unspecified atom stereocenters. The molecule has 3 rings (SSSR count). The Hall–Kier alpha value is -2.73. The zero-order chi connectivity index (χ0) is 18.5. The molecule has 1 N–H and O–H groups in total. The van der Waals surface area contributed by atoms with Crippen molar-refractivity contribution in [2.24, 2.45) is 0 Å². The highest BCUT2D eigenvalue weighted by Crippen LogP contribution is 2.33. The summed E-state index contributed by atoms with van der Waals surface area (Å²) in [5.41, 5.74) is 1.74. The van der Waals surface area contributed by atoms with E-state index in [1.165, 1.54) is 0 Å². The van der Waals surface area contributed by atoms with Crippen LogP contribution in [0.4, 0.5) is 5.69 Å². The number of likely N-dealkylation sites (N-methyl/N-ethyl adjacent to an activating group) is 1. The van der Waals surface area contributed by atoms with Gasteiger partial charge in [-0.15, -0.1) is 0 Å². The minimum atomic E-state index is -0.310. The summed E-state index contributed by atoms with van der Waals surface area (Å²) in [7, 11) is 1.92. The monoisotopic (exact) mass is 356 g/mol. The van der Waals surface area contributed by atoms with E-state index >= 15 is 0 Å². The molecule has 1 aliphatic rings. The second-order valence-corrected chi connectivity index (χ2v) is 6.20. The van der Waals surface area contributed by atoms with Gasteiger partial charge in [-0.2, -0.15) is 0 Å². The first-order chi connectivity index (χ1) is 12.6. The van der Waals surface area contributed by atoms with Gasteiger partial charge < -0.3 is 19.5 Å². The van der Waals surface area contributed by atoms with Gasteiger partial charge >= 0.3 is 0 Å². The first-order valence-corrected chi connectivity index (χ1v) is 8.70. The fourth-order valence-corrected chi connectivity index (χ4v) is 2.75. The number of fused-ring (bicyclic) bond motifs is 1. The quantitative estimate of drug-likeness (QED) is 0.825. The van der Waals surface area contributed by atoms with Crippen LogP contribution in [0.15, 0.2) is 42.5 Å². The number of ether oxygens (including phenoxy) is 3. The van der Waals surface area contributed by atoms with Crippen molar-refractivity contribution in [3.63, 3.8) is 0 Å². The Kier molecular flexibility index (Phi) is 5.63. The molecular formula is C20H24N2O4. The van der Waals surface area contributed by atoms with Gasteiger partial charge in [-0.3, -0.25) is 9.69 Å². The average Bonchev–Trinajstić information content (AvgIpc) is 3.10. The largest absolute Gasteiger partial charge is 0.492 e. The number of amides is 1. The molecule has 1 heterocycles. The Morgan fingerprint density at radius 3 is 2.81 bits per heavy atom. The van der Waals surface area contributed by atoms with Crippen LogP contribution in [0, 0.1) is 0 Å². The zero-order valence-corrected chi connectivity index (χ0v) is 15.3. The lowest BCUT2D eigenvalue weighted by Crippen LogP contribution is -2.39. The van der Waals surface area contributed by atoms with Gasteiger partial charge in [-0.25, -0.2) is 0 Å². The highest BCUT2D eigenvalue weighted by Gasteiger charge is 2.20. The number of rotatable bonds is 7. The SMILES string of the molecule is CCOc1ccccc1NC(=O)[C@H](C)N(C)Cc1ccc2c(c1)OCO2. The number of nitrogens with one attached hydrogen (secondary N) is 1. The van der Waals surface area contributed by atoms with Crippen molar-refractivity contribution in [3.8, 4) is 17.2 Å². The summed E-state index contributed by atoms with van der Waals surface area (Å²) in [5.74, 6) is 2.10. The van der Waals surface area contributed by atoms with E-state index in [0.717, 1.165) is 17.1 Å². The van der Waals surface area contributed by atoms with Crippen LogP contribution >= 0.6 is 0 Å². The van der Waals surface area contributed by atoms with E-state index in [1.54, 1.807) is 0 Å². The van der Waals surface area contributed by atoms with Gasteiger partial charge in [-0.05, 0) is 50.7 Å². The first-order valence-electron chi connectivity index (χ1n) is 8.70. The van der Waals surface area contributed by atoms with Gasteiger partial charge in [0.25, 0.3) is 0 Å². The van der Waals surface area contributed by atoms with Gasteiger partial charge in [0.05, 0.1) is 18.3 Å². The molecule has 1 amide bonds. The minimum absolute atomic E-state index is 0.0830. The maximum atomic E-state index is 12.6. The molecule has 0 fully saturated rings. The standard InChI is InChI=1S/C20H24N2O4/c1-4-24-17-8-6-5-7-16(17)21-20(23)14(2)22(3)12-15-9-10-18-19(11-15)26-13-25-18/h5-11,14H,4,12-13H2,1-3H3,(H,21,23)/t14-/m0/s1. The minimum Gasteiger partial charge on any atom is -0.492 e. The highest BCUT2D eigenvalue weighted by atomic mass is 16.7. The molecule has 0 aromatic heterocycles. The summed E-state index contributed by atoms with van der Waals surface area (Å²) in [5, 5.41) is 2.95. The molecule has 6 heteroatoms. The average molecular weight is 356 g/mol. The van der Waals surface area contributed by atoms with Crippen molar-refractivity contribution in [1.82, 2.24) is 4.90 Å². The van der Waals surface area contributed by atoms with Gasteiger partial charge in [0.2, 0.25) is 12.7 Å². The van der Waals surface area contributed by atoms with E-state index in [-0.39, 0.29) is 18.7 Å². The molecule has 0 aliphatic carbocycles. The number of nitrogens with zero attached hydrogens (tertiary/aromatic N) is 1. The summed E-state index contributed by atoms with van der Waals surface area (Å²) in [4.78, 5) is 14.6. The Balaban J connectivity index is 1.63. The van der Waals surface area contributed by atoms with Crippen LogP contribution in [0.25, 0.3) is 0 Å². The Morgan fingerprint density at radius 1 is 1.23 bits per heavy atom. The number of para-hydroxylation sites is 2. The van der Waals surface area contributed by atoms with E-state index in [4.69, 9.17) is 14.2 Å². The van der Waals surface area contributed by atoms with Gasteiger partial charge in [-0.1, -0.05) is 18.2 Å². The molecule has 0 saturated carbocycles. The smallest absolute Gasteiger partial charge is 0.241 e. The zero-order valence-electron chi connectivity index (χ0n) is 15.3. The molecule has 1 aliphatic heterocycles. The third-order valence-electron chi connectivity index (χ3n) is 4.35. The third-order valence-corrected chi connectivity index (χ3v) is 4.35. The summed E-state index contributed by atoms with van der Waals surface area (Å²) >= 11 is 0. The fourth-order valence-electron chi connectivity index (χ4n) is 2.75. The topological polar surface area (TPSA) is 60.0 Å².